The van der Waals surface area contributed by atoms with E-state index < -0.39 is 11.7 Å². The Bertz CT molecular complexity index is 638. The lowest BCUT2D eigenvalue weighted by Crippen LogP contribution is -2.45. The molecule has 1 aromatic carbocycles. The minimum Gasteiger partial charge on any atom is -0.339 e. The Morgan fingerprint density at radius 2 is 2.00 bits per heavy atom. The summed E-state index contributed by atoms with van der Waals surface area (Å²) in [6.45, 7) is 5.02. The number of carbonyl (C=O) groups excluding carboxylic acids is 1. The van der Waals surface area contributed by atoms with Crippen molar-refractivity contribution >= 4 is 23.6 Å². The molecular weight excluding hydrogens is 353 g/mol. The van der Waals surface area contributed by atoms with Gasteiger partial charge in [-0.25, -0.2) is 0 Å². The van der Waals surface area contributed by atoms with Crippen LogP contribution in [0.2, 0.25) is 5.02 Å². The van der Waals surface area contributed by atoms with Crippen molar-refractivity contribution < 1.29 is 18.0 Å². The van der Waals surface area contributed by atoms with Gasteiger partial charge in [0.25, 0.3) is 0 Å². The van der Waals surface area contributed by atoms with Crippen molar-refractivity contribution in [3.8, 4) is 0 Å². The van der Waals surface area contributed by atoms with E-state index in [0.717, 1.165) is 38.5 Å². The van der Waals surface area contributed by atoms with Crippen molar-refractivity contribution in [2.75, 3.05) is 26.7 Å². The zero-order valence-electron chi connectivity index (χ0n) is 14.3. The van der Waals surface area contributed by atoms with Gasteiger partial charge in [0.2, 0.25) is 5.91 Å². The molecule has 0 atom stereocenters. The van der Waals surface area contributed by atoms with Gasteiger partial charge in [-0.1, -0.05) is 24.6 Å². The monoisotopic (exact) mass is 374 g/mol. The molecule has 1 saturated heterocycles. The third kappa shape index (κ3) is 5.22. The van der Waals surface area contributed by atoms with E-state index in [4.69, 9.17) is 11.6 Å². The molecule has 3 nitrogen and oxygen atoms in total. The van der Waals surface area contributed by atoms with Crippen LogP contribution in [0, 0.1) is 0 Å². The molecule has 0 unspecified atom stereocenters. The number of carbonyl (C=O) groups is 1. The van der Waals surface area contributed by atoms with Gasteiger partial charge in [-0.15, -0.1) is 0 Å². The van der Waals surface area contributed by atoms with E-state index in [0.29, 0.717) is 5.56 Å². The van der Waals surface area contributed by atoms with E-state index >= 15 is 0 Å². The number of amides is 1. The molecule has 2 rings (SSSR count). The van der Waals surface area contributed by atoms with Gasteiger partial charge < -0.3 is 9.80 Å². The van der Waals surface area contributed by atoms with Gasteiger partial charge in [-0.05, 0) is 43.2 Å². The highest BCUT2D eigenvalue weighted by atomic mass is 35.5. The molecule has 25 heavy (non-hydrogen) atoms. The number of hydrogen-bond acceptors (Lipinski definition) is 2. The Hall–Kier alpha value is -1.53. The van der Waals surface area contributed by atoms with Crippen LogP contribution in [0.25, 0.3) is 6.08 Å². The fourth-order valence-electron chi connectivity index (χ4n) is 2.95. The Balaban J connectivity index is 2.03. The van der Waals surface area contributed by atoms with Crippen molar-refractivity contribution in [1.29, 1.82) is 0 Å². The second kappa shape index (κ2) is 8.23. The molecule has 0 aromatic heterocycles. The summed E-state index contributed by atoms with van der Waals surface area (Å²) in [5.74, 6) is -0.210. The minimum absolute atomic E-state index is 0.163. The van der Waals surface area contributed by atoms with E-state index in [1.165, 1.54) is 24.3 Å². The number of benzene rings is 1. The number of hydrogen-bond donors (Lipinski definition) is 0. The van der Waals surface area contributed by atoms with E-state index in [-0.39, 0.29) is 17.0 Å². The number of rotatable bonds is 4. The van der Waals surface area contributed by atoms with E-state index in [9.17, 15) is 18.0 Å². The molecule has 7 heteroatoms. The van der Waals surface area contributed by atoms with Gasteiger partial charge in [0, 0.05) is 32.3 Å². The lowest BCUT2D eigenvalue weighted by atomic mass is 10.0. The van der Waals surface area contributed by atoms with Crippen LogP contribution in [0.1, 0.15) is 30.9 Å². The second-order valence-corrected chi connectivity index (χ2v) is 6.59. The maximum Gasteiger partial charge on any atom is 0.417 e. The lowest BCUT2D eigenvalue weighted by Gasteiger charge is -2.35. The number of piperidine rings is 1. The smallest absolute Gasteiger partial charge is 0.339 e. The predicted molar refractivity (Wildman–Crippen MR) is 93.4 cm³/mol. The van der Waals surface area contributed by atoms with Crippen LogP contribution >= 0.6 is 11.6 Å². The molecule has 0 saturated carbocycles. The summed E-state index contributed by atoms with van der Waals surface area (Å²) in [6.07, 6.45) is 0.00230. The molecule has 0 N–H and O–H groups in total. The average molecular weight is 375 g/mol. The third-order valence-corrected chi connectivity index (χ3v) is 4.94. The third-order valence-electron chi connectivity index (χ3n) is 4.61. The highest BCUT2D eigenvalue weighted by Crippen LogP contribution is 2.35. The SMILES string of the molecule is CCN1CCC(N(C)C(=O)/C=C/c2ccc(Cl)c(C(F)(F)F)c2)CC1. The highest BCUT2D eigenvalue weighted by molar-refractivity contribution is 6.31. The van der Waals surface area contributed by atoms with Crippen molar-refractivity contribution in [3.63, 3.8) is 0 Å². The molecule has 1 aliphatic heterocycles. The lowest BCUT2D eigenvalue weighted by molar-refractivity contribution is -0.137. The van der Waals surface area contributed by atoms with Crippen LogP contribution < -0.4 is 0 Å². The van der Waals surface area contributed by atoms with Gasteiger partial charge in [0.1, 0.15) is 0 Å². The molecule has 0 bridgehead atoms. The minimum atomic E-state index is -4.52. The molecular formula is C18H22ClF3N2O. The Labute approximate surface area is 151 Å². The van der Waals surface area contributed by atoms with Crippen LogP contribution in [0.5, 0.6) is 0 Å². The molecule has 1 amide bonds. The van der Waals surface area contributed by atoms with E-state index in [1.807, 2.05) is 0 Å². The van der Waals surface area contributed by atoms with Gasteiger partial charge in [0.15, 0.2) is 0 Å². The standard InChI is InChI=1S/C18H22ClF3N2O/c1-3-24-10-8-14(9-11-24)23(2)17(25)7-5-13-4-6-16(19)15(12-13)18(20,21)22/h4-7,12,14H,3,8-11H2,1-2H3/b7-5+. The van der Waals surface area contributed by atoms with Gasteiger partial charge >= 0.3 is 6.18 Å². The Morgan fingerprint density at radius 1 is 1.36 bits per heavy atom. The first-order valence-electron chi connectivity index (χ1n) is 8.26. The summed E-state index contributed by atoms with van der Waals surface area (Å²) in [5.41, 5.74) is -0.608. The van der Waals surface area contributed by atoms with Gasteiger partial charge in [-0.3, -0.25) is 4.79 Å². The quantitative estimate of drug-likeness (QED) is 0.733. The molecule has 0 spiro atoms. The number of halogens is 4. The summed E-state index contributed by atoms with van der Waals surface area (Å²) < 4.78 is 38.6. The number of nitrogens with zero attached hydrogens (tertiary/aromatic N) is 2. The van der Waals surface area contributed by atoms with Crippen molar-refractivity contribution in [2.24, 2.45) is 0 Å². The molecule has 1 aliphatic rings. The topological polar surface area (TPSA) is 23.6 Å². The first kappa shape index (κ1) is 19.8. The fourth-order valence-corrected chi connectivity index (χ4v) is 3.18. The zero-order valence-corrected chi connectivity index (χ0v) is 15.1. The Morgan fingerprint density at radius 3 is 2.56 bits per heavy atom. The largest absolute Gasteiger partial charge is 0.417 e. The zero-order chi connectivity index (χ0) is 18.6. The van der Waals surface area contributed by atoms with E-state index in [2.05, 4.69) is 11.8 Å². The molecule has 0 radical (unpaired) electrons. The number of likely N-dealkylation sites (tertiary alicyclic amines) is 1. The van der Waals surface area contributed by atoms with Crippen LogP contribution in [0.3, 0.4) is 0 Å². The number of alkyl halides is 3. The second-order valence-electron chi connectivity index (χ2n) is 6.18. The first-order valence-corrected chi connectivity index (χ1v) is 8.64. The van der Waals surface area contributed by atoms with Crippen LogP contribution in [0.15, 0.2) is 24.3 Å². The average Bonchev–Trinajstić information content (AvgIpc) is 2.59. The molecule has 1 heterocycles. The van der Waals surface area contributed by atoms with Crippen molar-refractivity contribution in [2.45, 2.75) is 32.0 Å². The summed E-state index contributed by atoms with van der Waals surface area (Å²) in [7, 11) is 1.74. The van der Waals surface area contributed by atoms with E-state index in [1.54, 1.807) is 11.9 Å². The first-order chi connectivity index (χ1) is 11.7. The molecule has 138 valence electrons. The maximum atomic E-state index is 12.9. The van der Waals surface area contributed by atoms with Gasteiger partial charge in [0.05, 0.1) is 10.6 Å². The fraction of sp³-hybridized carbons (Fsp3) is 0.500. The molecule has 0 aliphatic carbocycles. The maximum absolute atomic E-state index is 12.9. The van der Waals surface area contributed by atoms with Crippen LogP contribution in [0.4, 0.5) is 13.2 Å². The number of likely N-dealkylation sites (N-methyl/N-ethyl adjacent to an activating group) is 1. The van der Waals surface area contributed by atoms with Gasteiger partial charge in [-0.2, -0.15) is 13.2 Å². The summed E-state index contributed by atoms with van der Waals surface area (Å²) in [4.78, 5) is 16.3. The Kier molecular flexibility index (Phi) is 6.52. The van der Waals surface area contributed by atoms with Crippen molar-refractivity contribution in [1.82, 2.24) is 9.80 Å². The predicted octanol–water partition coefficient (Wildman–Crippen LogP) is 4.31. The molecule has 1 aromatic rings. The summed E-state index contributed by atoms with van der Waals surface area (Å²) >= 11 is 5.60. The summed E-state index contributed by atoms with van der Waals surface area (Å²) in [5, 5.41) is -0.351. The van der Waals surface area contributed by atoms with Crippen LogP contribution in [-0.2, 0) is 11.0 Å². The highest BCUT2D eigenvalue weighted by Gasteiger charge is 2.33. The summed E-state index contributed by atoms with van der Waals surface area (Å²) in [6, 6.07) is 3.77. The molecule has 1 fully saturated rings. The normalized spacial score (nSPS) is 17.2. The van der Waals surface area contributed by atoms with Crippen LogP contribution in [-0.4, -0.2) is 48.4 Å². The van der Waals surface area contributed by atoms with Crippen molar-refractivity contribution in [3.05, 3.63) is 40.4 Å².